The fourth-order valence-corrected chi connectivity index (χ4v) is 3.12. The summed E-state index contributed by atoms with van der Waals surface area (Å²) in [7, 11) is 0. The Labute approximate surface area is 112 Å². The van der Waals surface area contributed by atoms with E-state index in [-0.39, 0.29) is 11.7 Å². The van der Waals surface area contributed by atoms with E-state index in [9.17, 15) is 9.59 Å². The van der Waals surface area contributed by atoms with E-state index in [1.54, 1.807) is 6.20 Å². The molecule has 2 N–H and O–H groups in total. The summed E-state index contributed by atoms with van der Waals surface area (Å²) in [6, 6.07) is 3.98. The number of likely N-dealkylation sites (tertiary alicyclic amines) is 1. The van der Waals surface area contributed by atoms with Crippen LogP contribution in [-0.4, -0.2) is 47.3 Å². The Morgan fingerprint density at radius 2 is 2.32 bits per heavy atom. The van der Waals surface area contributed by atoms with Crippen LogP contribution in [0.2, 0.25) is 0 Å². The number of aromatic amines is 1. The van der Waals surface area contributed by atoms with Gasteiger partial charge < -0.3 is 10.3 Å². The van der Waals surface area contributed by atoms with Crippen molar-refractivity contribution in [3.63, 3.8) is 0 Å². The summed E-state index contributed by atoms with van der Waals surface area (Å²) in [6.45, 7) is 2.27. The van der Waals surface area contributed by atoms with Crippen molar-refractivity contribution in [1.29, 1.82) is 0 Å². The van der Waals surface area contributed by atoms with Crippen LogP contribution in [0.15, 0.2) is 18.3 Å². The first-order valence-electron chi connectivity index (χ1n) is 6.90. The van der Waals surface area contributed by atoms with Gasteiger partial charge in [-0.05, 0) is 30.9 Å². The second-order valence-electron chi connectivity index (χ2n) is 5.50. The SMILES string of the molecule is O=C1CCC2CN(CC(=O)c3ccc[nH]3)CCC2N1. The monoisotopic (exact) mass is 261 g/mol. The third kappa shape index (κ3) is 2.71. The van der Waals surface area contributed by atoms with Crippen LogP contribution >= 0.6 is 0 Å². The number of Topliss-reactive ketones (excluding diaryl/α,β-unsaturated/α-hetero) is 1. The first-order valence-corrected chi connectivity index (χ1v) is 6.90. The van der Waals surface area contributed by atoms with E-state index in [0.717, 1.165) is 25.9 Å². The van der Waals surface area contributed by atoms with Crippen LogP contribution in [0.4, 0.5) is 0 Å². The predicted molar refractivity (Wildman–Crippen MR) is 70.8 cm³/mol. The molecule has 1 aromatic rings. The molecule has 1 amide bonds. The van der Waals surface area contributed by atoms with Crippen LogP contribution in [0.25, 0.3) is 0 Å². The molecule has 0 radical (unpaired) electrons. The minimum absolute atomic E-state index is 0.142. The zero-order chi connectivity index (χ0) is 13.2. The smallest absolute Gasteiger partial charge is 0.220 e. The van der Waals surface area contributed by atoms with Gasteiger partial charge in [-0.1, -0.05) is 0 Å². The number of carbonyl (C=O) groups excluding carboxylic acids is 2. The van der Waals surface area contributed by atoms with Gasteiger partial charge >= 0.3 is 0 Å². The molecule has 0 bridgehead atoms. The maximum Gasteiger partial charge on any atom is 0.220 e. The largest absolute Gasteiger partial charge is 0.359 e. The highest BCUT2D eigenvalue weighted by molar-refractivity contribution is 5.95. The van der Waals surface area contributed by atoms with Crippen molar-refractivity contribution in [1.82, 2.24) is 15.2 Å². The van der Waals surface area contributed by atoms with Gasteiger partial charge in [0.25, 0.3) is 0 Å². The number of amides is 1. The third-order valence-electron chi connectivity index (χ3n) is 4.17. The van der Waals surface area contributed by atoms with Crippen molar-refractivity contribution in [2.45, 2.75) is 25.3 Å². The molecule has 5 heteroatoms. The molecular weight excluding hydrogens is 242 g/mol. The number of carbonyl (C=O) groups is 2. The minimum Gasteiger partial charge on any atom is -0.359 e. The van der Waals surface area contributed by atoms with Gasteiger partial charge in [0.2, 0.25) is 5.91 Å². The molecular formula is C14H19N3O2. The van der Waals surface area contributed by atoms with Gasteiger partial charge in [0.05, 0.1) is 12.2 Å². The van der Waals surface area contributed by atoms with Crippen molar-refractivity contribution in [3.05, 3.63) is 24.0 Å². The number of aromatic nitrogens is 1. The van der Waals surface area contributed by atoms with Crippen molar-refractivity contribution in [2.75, 3.05) is 19.6 Å². The van der Waals surface area contributed by atoms with Crippen molar-refractivity contribution in [2.24, 2.45) is 5.92 Å². The number of rotatable bonds is 3. The Morgan fingerprint density at radius 3 is 3.11 bits per heavy atom. The van der Waals surface area contributed by atoms with Gasteiger partial charge in [-0.3, -0.25) is 14.5 Å². The summed E-state index contributed by atoms with van der Waals surface area (Å²) in [6.07, 6.45) is 4.30. The topological polar surface area (TPSA) is 65.2 Å². The first-order chi connectivity index (χ1) is 9.22. The predicted octanol–water partition coefficient (Wildman–Crippen LogP) is 0.798. The highest BCUT2D eigenvalue weighted by Crippen LogP contribution is 2.25. The Kier molecular flexibility index (Phi) is 3.38. The van der Waals surface area contributed by atoms with Crippen molar-refractivity contribution >= 4 is 11.7 Å². The van der Waals surface area contributed by atoms with Gasteiger partial charge in [-0.15, -0.1) is 0 Å². The standard InChI is InChI=1S/C14H19N3O2/c18-13(12-2-1-6-15-12)9-17-7-5-11-10(8-17)3-4-14(19)16-11/h1-2,6,10-11,15H,3-5,7-9H2,(H,16,19). The van der Waals surface area contributed by atoms with Gasteiger partial charge in [0.15, 0.2) is 5.78 Å². The molecule has 0 aliphatic carbocycles. The lowest BCUT2D eigenvalue weighted by molar-refractivity contribution is -0.125. The molecule has 0 aromatic carbocycles. The number of nitrogens with zero attached hydrogens (tertiary/aromatic N) is 1. The fraction of sp³-hybridized carbons (Fsp3) is 0.571. The molecule has 2 saturated heterocycles. The van der Waals surface area contributed by atoms with Crippen LogP contribution in [-0.2, 0) is 4.79 Å². The summed E-state index contributed by atoms with van der Waals surface area (Å²) < 4.78 is 0. The molecule has 0 saturated carbocycles. The zero-order valence-electron chi connectivity index (χ0n) is 10.9. The van der Waals surface area contributed by atoms with E-state index < -0.39 is 0 Å². The maximum absolute atomic E-state index is 12.0. The summed E-state index contributed by atoms with van der Waals surface area (Å²) in [5, 5.41) is 3.06. The molecule has 2 unspecified atom stereocenters. The molecule has 0 spiro atoms. The number of H-pyrrole nitrogens is 1. The third-order valence-corrected chi connectivity index (χ3v) is 4.17. The lowest BCUT2D eigenvalue weighted by atomic mass is 9.85. The van der Waals surface area contributed by atoms with Gasteiger partial charge in [-0.2, -0.15) is 0 Å². The van der Waals surface area contributed by atoms with E-state index in [1.807, 2.05) is 12.1 Å². The molecule has 2 aliphatic rings. The van der Waals surface area contributed by atoms with E-state index in [1.165, 1.54) is 0 Å². The molecule has 5 nitrogen and oxygen atoms in total. The molecule has 2 aliphatic heterocycles. The molecule has 102 valence electrons. The summed E-state index contributed by atoms with van der Waals surface area (Å²) in [4.78, 5) is 28.6. The number of piperidine rings is 2. The Morgan fingerprint density at radius 1 is 1.42 bits per heavy atom. The average molecular weight is 261 g/mol. The Bertz CT molecular complexity index is 469. The van der Waals surface area contributed by atoms with E-state index >= 15 is 0 Å². The second kappa shape index (κ2) is 5.17. The highest BCUT2D eigenvalue weighted by atomic mass is 16.1. The minimum atomic E-state index is 0.142. The van der Waals surface area contributed by atoms with Crippen molar-refractivity contribution < 1.29 is 9.59 Å². The van der Waals surface area contributed by atoms with E-state index in [2.05, 4.69) is 15.2 Å². The fourth-order valence-electron chi connectivity index (χ4n) is 3.12. The van der Waals surface area contributed by atoms with E-state index in [4.69, 9.17) is 0 Å². The van der Waals surface area contributed by atoms with Gasteiger partial charge in [0.1, 0.15) is 0 Å². The number of hydrogen-bond acceptors (Lipinski definition) is 3. The molecule has 3 heterocycles. The first kappa shape index (κ1) is 12.4. The second-order valence-corrected chi connectivity index (χ2v) is 5.50. The van der Waals surface area contributed by atoms with Crippen LogP contribution in [0, 0.1) is 5.92 Å². The van der Waals surface area contributed by atoms with Gasteiger partial charge in [0, 0.05) is 31.7 Å². The number of hydrogen-bond donors (Lipinski definition) is 2. The van der Waals surface area contributed by atoms with Gasteiger partial charge in [-0.25, -0.2) is 0 Å². The highest BCUT2D eigenvalue weighted by Gasteiger charge is 2.34. The van der Waals surface area contributed by atoms with Crippen LogP contribution in [0.3, 0.4) is 0 Å². The summed E-state index contributed by atoms with van der Waals surface area (Å²) in [5.41, 5.74) is 0.680. The maximum atomic E-state index is 12.0. The summed E-state index contributed by atoms with van der Waals surface area (Å²) >= 11 is 0. The molecule has 2 atom stereocenters. The normalized spacial score (nSPS) is 27.7. The number of fused-ring (bicyclic) bond motifs is 1. The van der Waals surface area contributed by atoms with Crippen LogP contribution in [0.5, 0.6) is 0 Å². The quantitative estimate of drug-likeness (QED) is 0.791. The zero-order valence-corrected chi connectivity index (χ0v) is 10.9. The van der Waals surface area contributed by atoms with Crippen LogP contribution in [0.1, 0.15) is 29.8 Å². The van der Waals surface area contributed by atoms with Crippen molar-refractivity contribution in [3.8, 4) is 0 Å². The molecule has 19 heavy (non-hydrogen) atoms. The lowest BCUT2D eigenvalue weighted by Gasteiger charge is -2.41. The molecule has 2 fully saturated rings. The summed E-state index contributed by atoms with van der Waals surface area (Å²) in [5.74, 6) is 0.823. The number of nitrogens with one attached hydrogen (secondary N) is 2. The molecule has 3 rings (SSSR count). The molecule has 1 aromatic heterocycles. The lowest BCUT2D eigenvalue weighted by Crippen LogP contribution is -2.54. The Balaban J connectivity index is 1.57. The Hall–Kier alpha value is -1.62. The average Bonchev–Trinajstić information content (AvgIpc) is 2.93. The van der Waals surface area contributed by atoms with E-state index in [0.29, 0.717) is 30.6 Å². The van der Waals surface area contributed by atoms with Crippen LogP contribution < -0.4 is 5.32 Å². The number of ketones is 1.